The average molecular weight is 444 g/mol. The molecule has 2 heterocycles. The zero-order valence-electron chi connectivity index (χ0n) is 17.1. The number of hydrogen-bond acceptors (Lipinski definition) is 3. The van der Waals surface area contributed by atoms with Crippen molar-refractivity contribution in [2.45, 2.75) is 24.8 Å². The molecular weight excluding hydrogens is 425 g/mol. The molecule has 0 saturated carbocycles. The third-order valence-corrected chi connectivity index (χ3v) is 6.65. The van der Waals surface area contributed by atoms with Crippen LogP contribution >= 0.6 is 11.6 Å². The highest BCUT2D eigenvalue weighted by atomic mass is 35.5. The van der Waals surface area contributed by atoms with Gasteiger partial charge in [0.1, 0.15) is 5.82 Å². The van der Waals surface area contributed by atoms with Gasteiger partial charge in [0, 0.05) is 28.3 Å². The number of carbonyl (C=O) groups is 1. The standard InChI is InChI=1S/C26H19ClFN3O/c27-17-7-5-6-15(12-17)16-13-21-24(23(32)14-16)25(18-8-1-2-9-19(18)28)31-22-11-4-3-10-20(22)29-26(31)30-21/h1-12,16,25H,13-14H2,(H,29,30)/t16-,25-/m1/s1. The number of nitrogens with one attached hydrogen (secondary N) is 1. The highest BCUT2D eigenvalue weighted by Gasteiger charge is 2.40. The van der Waals surface area contributed by atoms with Crippen LogP contribution in [0.4, 0.5) is 10.3 Å². The summed E-state index contributed by atoms with van der Waals surface area (Å²) in [4.78, 5) is 18.3. The fourth-order valence-electron chi connectivity index (χ4n) is 5.01. The molecule has 0 bridgehead atoms. The normalized spacial score (nSPS) is 20.1. The van der Waals surface area contributed by atoms with Crippen molar-refractivity contribution in [2.24, 2.45) is 0 Å². The summed E-state index contributed by atoms with van der Waals surface area (Å²) in [6.07, 6.45) is 0.989. The van der Waals surface area contributed by atoms with Gasteiger partial charge in [0.05, 0.1) is 17.1 Å². The van der Waals surface area contributed by atoms with Crippen molar-refractivity contribution in [3.63, 3.8) is 0 Å². The van der Waals surface area contributed by atoms with Crippen molar-refractivity contribution in [1.82, 2.24) is 9.55 Å². The topological polar surface area (TPSA) is 46.9 Å². The zero-order valence-corrected chi connectivity index (χ0v) is 17.8. The Kier molecular flexibility index (Phi) is 4.40. The molecule has 0 spiro atoms. The lowest BCUT2D eigenvalue weighted by molar-refractivity contribution is -0.116. The van der Waals surface area contributed by atoms with Crippen LogP contribution in [-0.4, -0.2) is 15.3 Å². The first-order chi connectivity index (χ1) is 15.6. The van der Waals surface area contributed by atoms with Crippen LogP contribution in [0.3, 0.4) is 0 Å². The van der Waals surface area contributed by atoms with Crippen LogP contribution < -0.4 is 5.32 Å². The fourth-order valence-corrected chi connectivity index (χ4v) is 5.21. The molecule has 1 aliphatic carbocycles. The molecule has 1 N–H and O–H groups in total. The van der Waals surface area contributed by atoms with E-state index in [4.69, 9.17) is 16.6 Å². The number of carbonyl (C=O) groups excluding carboxylic acids is 1. The zero-order chi connectivity index (χ0) is 21.8. The minimum atomic E-state index is -0.567. The van der Waals surface area contributed by atoms with Gasteiger partial charge < -0.3 is 5.32 Å². The predicted molar refractivity (Wildman–Crippen MR) is 123 cm³/mol. The number of imidazole rings is 1. The van der Waals surface area contributed by atoms with E-state index in [0.717, 1.165) is 22.3 Å². The molecule has 6 rings (SSSR count). The smallest absolute Gasteiger partial charge is 0.209 e. The maximum Gasteiger partial charge on any atom is 0.209 e. The van der Waals surface area contributed by atoms with Gasteiger partial charge in [-0.15, -0.1) is 0 Å². The number of Topliss-reactive ketones (excluding diaryl/α,β-unsaturated/α-hetero) is 1. The Bertz CT molecular complexity index is 1420. The van der Waals surface area contributed by atoms with Gasteiger partial charge in [-0.3, -0.25) is 9.36 Å². The minimum absolute atomic E-state index is 0.00430. The number of benzene rings is 3. The van der Waals surface area contributed by atoms with E-state index in [1.54, 1.807) is 12.1 Å². The third kappa shape index (κ3) is 2.96. The first-order valence-corrected chi connectivity index (χ1v) is 11.0. The largest absolute Gasteiger partial charge is 0.329 e. The number of anilines is 1. The van der Waals surface area contributed by atoms with Crippen LogP contribution in [0.1, 0.15) is 35.9 Å². The molecular formula is C26H19ClFN3O. The summed E-state index contributed by atoms with van der Waals surface area (Å²) < 4.78 is 17.0. The Labute approximate surface area is 189 Å². The lowest BCUT2D eigenvalue weighted by atomic mass is 9.77. The third-order valence-electron chi connectivity index (χ3n) is 6.42. The Morgan fingerprint density at radius 3 is 2.66 bits per heavy atom. The number of halogens is 2. The number of rotatable bonds is 2. The first kappa shape index (κ1) is 19.3. The molecule has 0 radical (unpaired) electrons. The first-order valence-electron chi connectivity index (χ1n) is 10.6. The van der Waals surface area contributed by atoms with Gasteiger partial charge in [0.25, 0.3) is 0 Å². The highest BCUT2D eigenvalue weighted by molar-refractivity contribution is 6.30. The van der Waals surface area contributed by atoms with Crippen LogP contribution in [0, 0.1) is 5.82 Å². The van der Waals surface area contributed by atoms with Gasteiger partial charge in [0.15, 0.2) is 5.78 Å². The van der Waals surface area contributed by atoms with Crippen molar-refractivity contribution in [2.75, 3.05) is 5.32 Å². The molecule has 4 nitrogen and oxygen atoms in total. The Balaban J connectivity index is 1.54. The molecule has 158 valence electrons. The molecule has 2 aliphatic rings. The summed E-state index contributed by atoms with van der Waals surface area (Å²) in [5.41, 5.74) is 4.59. The summed E-state index contributed by atoms with van der Waals surface area (Å²) in [6.45, 7) is 0. The number of allylic oxidation sites excluding steroid dienone is 2. The molecule has 6 heteroatoms. The van der Waals surface area contributed by atoms with Gasteiger partial charge in [-0.1, -0.05) is 54.1 Å². The second-order valence-corrected chi connectivity index (χ2v) is 8.76. The van der Waals surface area contributed by atoms with E-state index >= 15 is 4.39 Å². The van der Waals surface area contributed by atoms with Crippen LogP contribution in [0.2, 0.25) is 5.02 Å². The van der Waals surface area contributed by atoms with Crippen LogP contribution in [0.15, 0.2) is 84.1 Å². The number of hydrogen-bond donors (Lipinski definition) is 1. The number of ketones is 1. The highest BCUT2D eigenvalue weighted by Crippen LogP contribution is 2.46. The van der Waals surface area contributed by atoms with E-state index in [9.17, 15) is 4.79 Å². The number of aromatic nitrogens is 2. The van der Waals surface area contributed by atoms with Gasteiger partial charge in [0.2, 0.25) is 5.95 Å². The molecule has 0 saturated heterocycles. The minimum Gasteiger partial charge on any atom is -0.329 e. The Hall–Kier alpha value is -3.44. The molecule has 4 aromatic rings. The average Bonchev–Trinajstić information content (AvgIpc) is 3.16. The molecule has 0 unspecified atom stereocenters. The van der Waals surface area contributed by atoms with E-state index in [1.165, 1.54) is 6.07 Å². The Morgan fingerprint density at radius 2 is 1.81 bits per heavy atom. The summed E-state index contributed by atoms with van der Waals surface area (Å²) in [7, 11) is 0. The van der Waals surface area contributed by atoms with Gasteiger partial charge in [-0.05, 0) is 48.2 Å². The monoisotopic (exact) mass is 443 g/mol. The molecule has 1 aliphatic heterocycles. The molecule has 1 aromatic heterocycles. The van der Waals surface area contributed by atoms with Gasteiger partial charge in [-0.2, -0.15) is 0 Å². The summed E-state index contributed by atoms with van der Waals surface area (Å²) in [5, 5.41) is 4.06. The quantitative estimate of drug-likeness (QED) is 0.398. The van der Waals surface area contributed by atoms with Crippen LogP contribution in [-0.2, 0) is 4.79 Å². The van der Waals surface area contributed by atoms with Gasteiger partial charge >= 0.3 is 0 Å². The second-order valence-electron chi connectivity index (χ2n) is 8.32. The fraction of sp³-hybridized carbons (Fsp3) is 0.154. The SMILES string of the molecule is O=C1C[C@H](c2cccc(Cl)c2)CC2=C1[C@@H](c1ccccc1F)n1c(nc3ccccc31)N2. The summed E-state index contributed by atoms with van der Waals surface area (Å²) >= 11 is 6.20. The molecule has 2 atom stereocenters. The van der Waals surface area contributed by atoms with E-state index < -0.39 is 6.04 Å². The molecule has 0 amide bonds. The summed E-state index contributed by atoms with van der Waals surface area (Å²) in [6, 6.07) is 21.5. The Morgan fingerprint density at radius 1 is 1.00 bits per heavy atom. The summed E-state index contributed by atoms with van der Waals surface area (Å²) in [5.74, 6) is 0.308. The molecule has 32 heavy (non-hydrogen) atoms. The number of para-hydroxylation sites is 2. The van der Waals surface area contributed by atoms with Gasteiger partial charge in [-0.25, -0.2) is 9.37 Å². The molecule has 3 aromatic carbocycles. The van der Waals surface area contributed by atoms with Crippen molar-refractivity contribution >= 4 is 34.4 Å². The predicted octanol–water partition coefficient (Wildman–Crippen LogP) is 6.24. The van der Waals surface area contributed by atoms with E-state index in [-0.39, 0.29) is 17.5 Å². The van der Waals surface area contributed by atoms with Crippen LogP contribution in [0.5, 0.6) is 0 Å². The van der Waals surface area contributed by atoms with Crippen molar-refractivity contribution in [3.8, 4) is 0 Å². The lowest BCUT2D eigenvalue weighted by Crippen LogP contribution is -2.33. The van der Waals surface area contributed by atoms with Crippen LogP contribution in [0.25, 0.3) is 11.0 Å². The number of fused-ring (bicyclic) bond motifs is 3. The second kappa shape index (κ2) is 7.31. The van der Waals surface area contributed by atoms with E-state index in [2.05, 4.69) is 5.32 Å². The van der Waals surface area contributed by atoms with Crippen molar-refractivity contribution in [1.29, 1.82) is 0 Å². The lowest BCUT2D eigenvalue weighted by Gasteiger charge is -2.36. The van der Waals surface area contributed by atoms with E-state index in [0.29, 0.717) is 34.9 Å². The maximum absolute atomic E-state index is 15.0. The van der Waals surface area contributed by atoms with E-state index in [1.807, 2.05) is 59.2 Å². The number of nitrogens with zero attached hydrogens (tertiary/aromatic N) is 2. The maximum atomic E-state index is 15.0. The molecule has 0 fully saturated rings. The van der Waals surface area contributed by atoms with Crippen molar-refractivity contribution < 1.29 is 9.18 Å². The van der Waals surface area contributed by atoms with Crippen molar-refractivity contribution in [3.05, 3.63) is 106 Å².